The Morgan fingerprint density at radius 1 is 1.33 bits per heavy atom. The molecule has 0 aliphatic rings. The molecule has 96 valence electrons. The fourth-order valence-corrected chi connectivity index (χ4v) is 2.02. The number of rotatable bonds is 5. The van der Waals surface area contributed by atoms with Gasteiger partial charge in [0, 0.05) is 24.7 Å². The smallest absolute Gasteiger partial charge is 0.0702 e. The molecule has 1 unspecified atom stereocenters. The Hall–Kier alpha value is -1.45. The summed E-state index contributed by atoms with van der Waals surface area (Å²) in [6.07, 6.45) is 2.40. The SMILES string of the molecule is CC(O)CCN(C)Cc1ccc2ncccc2c1. The normalized spacial score (nSPS) is 13.1. The first-order valence-corrected chi connectivity index (χ1v) is 6.35. The molecule has 0 radical (unpaired) electrons. The minimum Gasteiger partial charge on any atom is -0.393 e. The molecule has 0 aliphatic carbocycles. The minimum absolute atomic E-state index is 0.228. The molecular formula is C15H20N2O. The predicted octanol–water partition coefficient (Wildman–Crippen LogP) is 2.44. The third-order valence-electron chi connectivity index (χ3n) is 3.05. The number of benzene rings is 1. The second kappa shape index (κ2) is 5.94. The molecular weight excluding hydrogens is 224 g/mol. The number of fused-ring (bicyclic) bond motifs is 1. The van der Waals surface area contributed by atoms with Gasteiger partial charge in [0.05, 0.1) is 11.6 Å². The minimum atomic E-state index is -0.228. The summed E-state index contributed by atoms with van der Waals surface area (Å²) < 4.78 is 0. The number of pyridine rings is 1. The highest BCUT2D eigenvalue weighted by Gasteiger charge is 2.03. The molecule has 3 heteroatoms. The van der Waals surface area contributed by atoms with Crippen molar-refractivity contribution in [3.05, 3.63) is 42.1 Å². The summed E-state index contributed by atoms with van der Waals surface area (Å²) in [6.45, 7) is 3.63. The zero-order valence-electron chi connectivity index (χ0n) is 11.0. The van der Waals surface area contributed by atoms with Crippen molar-refractivity contribution < 1.29 is 5.11 Å². The monoisotopic (exact) mass is 244 g/mol. The van der Waals surface area contributed by atoms with Crippen LogP contribution in [0.15, 0.2) is 36.5 Å². The standard InChI is InChI=1S/C15H20N2O/c1-12(18)7-9-17(2)11-13-5-6-15-14(10-13)4-3-8-16-15/h3-6,8,10,12,18H,7,9,11H2,1-2H3. The van der Waals surface area contributed by atoms with Gasteiger partial charge in [-0.3, -0.25) is 4.98 Å². The summed E-state index contributed by atoms with van der Waals surface area (Å²) in [4.78, 5) is 6.54. The second-order valence-corrected chi connectivity index (χ2v) is 4.91. The zero-order valence-corrected chi connectivity index (χ0v) is 11.0. The van der Waals surface area contributed by atoms with Crippen molar-refractivity contribution in [3.63, 3.8) is 0 Å². The average Bonchev–Trinajstić information content (AvgIpc) is 2.36. The van der Waals surface area contributed by atoms with Crippen LogP contribution in [-0.2, 0) is 6.54 Å². The van der Waals surface area contributed by atoms with Gasteiger partial charge in [0.15, 0.2) is 0 Å². The van der Waals surface area contributed by atoms with E-state index < -0.39 is 0 Å². The van der Waals surface area contributed by atoms with E-state index in [0.717, 1.165) is 25.0 Å². The molecule has 0 fully saturated rings. The van der Waals surface area contributed by atoms with Gasteiger partial charge in [-0.2, -0.15) is 0 Å². The molecule has 3 nitrogen and oxygen atoms in total. The van der Waals surface area contributed by atoms with E-state index in [1.165, 1.54) is 10.9 Å². The molecule has 18 heavy (non-hydrogen) atoms. The Morgan fingerprint density at radius 2 is 2.17 bits per heavy atom. The first kappa shape index (κ1) is 13.0. The summed E-state index contributed by atoms with van der Waals surface area (Å²) in [5, 5.41) is 10.5. The predicted molar refractivity (Wildman–Crippen MR) is 74.4 cm³/mol. The van der Waals surface area contributed by atoms with Gasteiger partial charge >= 0.3 is 0 Å². The molecule has 0 amide bonds. The quantitative estimate of drug-likeness (QED) is 0.877. The van der Waals surface area contributed by atoms with Crippen molar-refractivity contribution in [2.45, 2.75) is 26.0 Å². The average molecular weight is 244 g/mol. The number of hydrogen-bond acceptors (Lipinski definition) is 3. The van der Waals surface area contributed by atoms with E-state index in [4.69, 9.17) is 0 Å². The van der Waals surface area contributed by atoms with E-state index in [0.29, 0.717) is 0 Å². The molecule has 2 aromatic rings. The zero-order chi connectivity index (χ0) is 13.0. The van der Waals surface area contributed by atoms with Crippen molar-refractivity contribution in [1.29, 1.82) is 0 Å². The van der Waals surface area contributed by atoms with Crippen molar-refractivity contribution in [2.75, 3.05) is 13.6 Å². The Bertz CT molecular complexity index is 511. The molecule has 1 aromatic heterocycles. The van der Waals surface area contributed by atoms with E-state index in [1.807, 2.05) is 19.2 Å². The van der Waals surface area contributed by atoms with Crippen LogP contribution in [0.4, 0.5) is 0 Å². The van der Waals surface area contributed by atoms with Crippen molar-refractivity contribution >= 4 is 10.9 Å². The van der Waals surface area contributed by atoms with Gasteiger partial charge in [-0.15, -0.1) is 0 Å². The molecule has 1 N–H and O–H groups in total. The molecule has 0 saturated heterocycles. The molecule has 1 heterocycles. The highest BCUT2D eigenvalue weighted by atomic mass is 16.3. The molecule has 0 bridgehead atoms. The highest BCUT2D eigenvalue weighted by molar-refractivity contribution is 5.78. The fraction of sp³-hybridized carbons (Fsp3) is 0.400. The Kier molecular flexibility index (Phi) is 4.28. The van der Waals surface area contributed by atoms with Crippen molar-refractivity contribution in [3.8, 4) is 0 Å². The van der Waals surface area contributed by atoms with Crippen LogP contribution in [0.5, 0.6) is 0 Å². The van der Waals surface area contributed by atoms with Gasteiger partial charge in [0.25, 0.3) is 0 Å². The second-order valence-electron chi connectivity index (χ2n) is 4.91. The summed E-state index contributed by atoms with van der Waals surface area (Å²) >= 11 is 0. The van der Waals surface area contributed by atoms with Gasteiger partial charge in [-0.05, 0) is 44.2 Å². The van der Waals surface area contributed by atoms with E-state index in [9.17, 15) is 5.11 Å². The first-order valence-electron chi connectivity index (χ1n) is 6.35. The van der Waals surface area contributed by atoms with E-state index >= 15 is 0 Å². The van der Waals surface area contributed by atoms with Crippen LogP contribution in [0, 0.1) is 0 Å². The topological polar surface area (TPSA) is 36.4 Å². The number of nitrogens with zero attached hydrogens (tertiary/aromatic N) is 2. The van der Waals surface area contributed by atoms with Crippen molar-refractivity contribution in [2.24, 2.45) is 0 Å². The fourth-order valence-electron chi connectivity index (χ4n) is 2.02. The Labute approximate surface area is 108 Å². The van der Waals surface area contributed by atoms with Crippen LogP contribution in [0.3, 0.4) is 0 Å². The molecule has 0 spiro atoms. The summed E-state index contributed by atoms with van der Waals surface area (Å²) in [7, 11) is 2.08. The highest BCUT2D eigenvalue weighted by Crippen LogP contribution is 2.14. The lowest BCUT2D eigenvalue weighted by Gasteiger charge is -2.17. The maximum absolute atomic E-state index is 9.27. The van der Waals surface area contributed by atoms with Gasteiger partial charge in [0.2, 0.25) is 0 Å². The van der Waals surface area contributed by atoms with Crippen LogP contribution in [0.25, 0.3) is 10.9 Å². The maximum atomic E-state index is 9.27. The summed E-state index contributed by atoms with van der Waals surface area (Å²) in [5.41, 5.74) is 2.32. The molecule has 1 aromatic carbocycles. The number of aromatic nitrogens is 1. The molecule has 1 atom stereocenters. The molecule has 2 rings (SSSR count). The Balaban J connectivity index is 2.03. The van der Waals surface area contributed by atoms with Crippen LogP contribution in [-0.4, -0.2) is 34.7 Å². The van der Waals surface area contributed by atoms with E-state index in [-0.39, 0.29) is 6.10 Å². The maximum Gasteiger partial charge on any atom is 0.0702 e. The third-order valence-corrected chi connectivity index (χ3v) is 3.05. The van der Waals surface area contributed by atoms with Crippen LogP contribution < -0.4 is 0 Å². The van der Waals surface area contributed by atoms with Gasteiger partial charge in [0.1, 0.15) is 0 Å². The molecule has 0 saturated carbocycles. The van der Waals surface area contributed by atoms with E-state index in [2.05, 4.69) is 41.2 Å². The van der Waals surface area contributed by atoms with Gasteiger partial charge < -0.3 is 10.0 Å². The van der Waals surface area contributed by atoms with Crippen LogP contribution in [0.2, 0.25) is 0 Å². The third kappa shape index (κ3) is 3.52. The Morgan fingerprint density at radius 3 is 2.94 bits per heavy atom. The lowest BCUT2D eigenvalue weighted by atomic mass is 10.1. The van der Waals surface area contributed by atoms with E-state index in [1.54, 1.807) is 0 Å². The van der Waals surface area contributed by atoms with Crippen molar-refractivity contribution in [1.82, 2.24) is 9.88 Å². The summed E-state index contributed by atoms with van der Waals surface area (Å²) in [5.74, 6) is 0. The number of hydrogen-bond donors (Lipinski definition) is 1. The van der Waals surface area contributed by atoms with Crippen LogP contribution >= 0.6 is 0 Å². The lowest BCUT2D eigenvalue weighted by Crippen LogP contribution is -2.22. The summed E-state index contributed by atoms with van der Waals surface area (Å²) in [6, 6.07) is 10.4. The number of aliphatic hydroxyl groups is 1. The first-order chi connectivity index (χ1) is 8.65. The largest absolute Gasteiger partial charge is 0.393 e. The van der Waals surface area contributed by atoms with Crippen LogP contribution in [0.1, 0.15) is 18.9 Å². The number of aliphatic hydroxyl groups excluding tert-OH is 1. The van der Waals surface area contributed by atoms with Gasteiger partial charge in [-0.1, -0.05) is 12.1 Å². The lowest BCUT2D eigenvalue weighted by molar-refractivity contribution is 0.163. The van der Waals surface area contributed by atoms with Gasteiger partial charge in [-0.25, -0.2) is 0 Å². The molecule has 0 aliphatic heterocycles.